The van der Waals surface area contributed by atoms with E-state index in [1.165, 1.54) is 11.3 Å². The molecular formula is C15H13N2O3PS. The number of hydrogen-bond donors (Lipinski definition) is 1. The molecule has 0 aliphatic carbocycles. The predicted molar refractivity (Wildman–Crippen MR) is 88.0 cm³/mol. The summed E-state index contributed by atoms with van der Waals surface area (Å²) >= 11 is 1.17. The molecule has 1 N–H and O–H groups in total. The minimum atomic E-state index is -0.450. The fourth-order valence-corrected chi connectivity index (χ4v) is 3.51. The van der Waals surface area contributed by atoms with Gasteiger partial charge in [-0.25, -0.2) is 4.98 Å². The monoisotopic (exact) mass is 332 g/mol. The minimum Gasteiger partial charge on any atom is -0.357 e. The third-order valence-electron chi connectivity index (χ3n) is 3.37. The van der Waals surface area contributed by atoms with Crippen molar-refractivity contribution in [2.24, 2.45) is 0 Å². The van der Waals surface area contributed by atoms with Crippen molar-refractivity contribution in [1.82, 2.24) is 9.32 Å². The zero-order chi connectivity index (χ0) is 15.7. The van der Waals surface area contributed by atoms with Crippen LogP contribution in [0.4, 0.5) is 0 Å². The SMILES string of the molecule is CCC(=O)c1csc(C(=O)c2cn(PO)c3ccccc23)n1. The van der Waals surface area contributed by atoms with Crippen LogP contribution in [0.3, 0.4) is 0 Å². The summed E-state index contributed by atoms with van der Waals surface area (Å²) in [6.45, 7) is 1.76. The molecule has 0 saturated heterocycles. The number of rotatable bonds is 5. The lowest BCUT2D eigenvalue weighted by atomic mass is 10.1. The topological polar surface area (TPSA) is 72.2 Å². The van der Waals surface area contributed by atoms with Gasteiger partial charge in [0, 0.05) is 23.4 Å². The van der Waals surface area contributed by atoms with Gasteiger partial charge in [-0.15, -0.1) is 11.3 Å². The summed E-state index contributed by atoms with van der Waals surface area (Å²) in [6, 6.07) is 7.39. The Morgan fingerprint density at radius 3 is 2.86 bits per heavy atom. The Morgan fingerprint density at radius 2 is 2.14 bits per heavy atom. The summed E-state index contributed by atoms with van der Waals surface area (Å²) in [7, 11) is -0.450. The first-order chi connectivity index (χ1) is 10.7. The number of ketones is 2. The molecule has 5 nitrogen and oxygen atoms in total. The lowest BCUT2D eigenvalue weighted by Gasteiger charge is -1.96. The van der Waals surface area contributed by atoms with Crippen molar-refractivity contribution < 1.29 is 14.5 Å². The molecular weight excluding hydrogens is 319 g/mol. The van der Waals surface area contributed by atoms with E-state index in [1.54, 1.807) is 22.8 Å². The van der Waals surface area contributed by atoms with Gasteiger partial charge in [0.05, 0.1) is 11.1 Å². The van der Waals surface area contributed by atoms with Gasteiger partial charge in [0.1, 0.15) is 14.7 Å². The van der Waals surface area contributed by atoms with E-state index in [-0.39, 0.29) is 11.6 Å². The van der Waals surface area contributed by atoms with Crippen molar-refractivity contribution in [3.8, 4) is 0 Å². The largest absolute Gasteiger partial charge is 0.357 e. The highest BCUT2D eigenvalue weighted by molar-refractivity contribution is 7.29. The molecule has 0 saturated carbocycles. The van der Waals surface area contributed by atoms with Gasteiger partial charge in [0.2, 0.25) is 5.78 Å². The molecule has 3 aromatic rings. The first kappa shape index (κ1) is 15.0. The van der Waals surface area contributed by atoms with Crippen LogP contribution >= 0.6 is 20.3 Å². The summed E-state index contributed by atoms with van der Waals surface area (Å²) in [5.74, 6) is -0.303. The number of hydrogen-bond acceptors (Lipinski definition) is 5. The summed E-state index contributed by atoms with van der Waals surface area (Å²) in [5.41, 5.74) is 1.62. The summed E-state index contributed by atoms with van der Waals surface area (Å²) < 4.78 is 1.63. The summed E-state index contributed by atoms with van der Waals surface area (Å²) in [5, 5.41) is 2.68. The molecule has 0 radical (unpaired) electrons. The van der Waals surface area contributed by atoms with Crippen LogP contribution < -0.4 is 0 Å². The molecule has 1 aromatic carbocycles. The van der Waals surface area contributed by atoms with Gasteiger partial charge in [-0.3, -0.25) is 9.59 Å². The van der Waals surface area contributed by atoms with Gasteiger partial charge >= 0.3 is 0 Å². The van der Waals surface area contributed by atoms with Gasteiger partial charge in [-0.05, 0) is 6.07 Å². The second-order valence-electron chi connectivity index (χ2n) is 4.67. The number of carbonyl (C=O) groups excluding carboxylic acids is 2. The molecule has 0 amide bonds. The second-order valence-corrected chi connectivity index (χ2v) is 6.21. The summed E-state index contributed by atoms with van der Waals surface area (Å²) in [6.07, 6.45) is 2.00. The maximum Gasteiger partial charge on any atom is 0.223 e. The Labute approximate surface area is 132 Å². The first-order valence-corrected chi connectivity index (χ1v) is 8.46. The zero-order valence-corrected chi connectivity index (χ0v) is 13.6. The number of fused-ring (bicyclic) bond motifs is 1. The van der Waals surface area contributed by atoms with Crippen LogP contribution in [0, 0.1) is 0 Å². The van der Waals surface area contributed by atoms with E-state index < -0.39 is 8.96 Å². The van der Waals surface area contributed by atoms with Crippen LogP contribution in [0.15, 0.2) is 35.8 Å². The standard InChI is InChI=1S/C15H13N2O3PS/c1-2-13(18)11-8-22-15(16-11)14(19)10-7-17(21-20)12-6-4-3-5-9(10)12/h3-8,20-21H,2H2,1H3. The predicted octanol–water partition coefficient (Wildman–Crippen LogP) is 3.27. The Hall–Kier alpha value is -1.88. The van der Waals surface area contributed by atoms with Crippen molar-refractivity contribution in [2.45, 2.75) is 13.3 Å². The number of carbonyl (C=O) groups is 2. The molecule has 2 aromatic heterocycles. The van der Waals surface area contributed by atoms with Crippen LogP contribution in [0.5, 0.6) is 0 Å². The third-order valence-corrected chi connectivity index (χ3v) is 4.80. The molecule has 3 rings (SSSR count). The van der Waals surface area contributed by atoms with Crippen LogP contribution in [0.25, 0.3) is 10.9 Å². The number of thiazole rings is 1. The van der Waals surface area contributed by atoms with Crippen molar-refractivity contribution in [3.05, 3.63) is 52.1 Å². The van der Waals surface area contributed by atoms with Crippen molar-refractivity contribution in [3.63, 3.8) is 0 Å². The van der Waals surface area contributed by atoms with Gasteiger partial charge in [-0.1, -0.05) is 25.1 Å². The molecule has 0 spiro atoms. The molecule has 0 bridgehead atoms. The Bertz CT molecular complexity index is 869. The first-order valence-electron chi connectivity index (χ1n) is 6.69. The highest BCUT2D eigenvalue weighted by Gasteiger charge is 2.20. The smallest absolute Gasteiger partial charge is 0.223 e. The maximum atomic E-state index is 12.7. The third kappa shape index (κ3) is 2.50. The average Bonchev–Trinajstić information content (AvgIpc) is 3.18. The molecule has 1 unspecified atom stereocenters. The number of benzene rings is 1. The van der Waals surface area contributed by atoms with Crippen molar-refractivity contribution in [2.75, 3.05) is 0 Å². The number of aromatic nitrogens is 2. The molecule has 1 atom stereocenters. The number of nitrogens with zero attached hydrogens (tertiary/aromatic N) is 2. The van der Waals surface area contributed by atoms with Crippen LogP contribution in [-0.4, -0.2) is 25.8 Å². The molecule has 0 aliphatic rings. The van der Waals surface area contributed by atoms with Gasteiger partial charge in [0.25, 0.3) is 0 Å². The number of para-hydroxylation sites is 1. The highest BCUT2D eigenvalue weighted by Crippen LogP contribution is 2.28. The summed E-state index contributed by atoms with van der Waals surface area (Å²) in [4.78, 5) is 37.9. The quantitative estimate of drug-likeness (QED) is 0.575. The van der Waals surface area contributed by atoms with E-state index in [9.17, 15) is 14.5 Å². The molecule has 0 fully saturated rings. The van der Waals surface area contributed by atoms with E-state index in [1.807, 2.05) is 24.3 Å². The van der Waals surface area contributed by atoms with Crippen LogP contribution in [-0.2, 0) is 0 Å². The zero-order valence-electron chi connectivity index (χ0n) is 11.7. The van der Waals surface area contributed by atoms with E-state index in [0.717, 1.165) is 10.9 Å². The maximum absolute atomic E-state index is 12.7. The van der Waals surface area contributed by atoms with Crippen LogP contribution in [0.2, 0.25) is 0 Å². The second kappa shape index (κ2) is 6.08. The molecule has 22 heavy (non-hydrogen) atoms. The van der Waals surface area contributed by atoms with E-state index >= 15 is 0 Å². The van der Waals surface area contributed by atoms with Gasteiger partial charge < -0.3 is 9.23 Å². The molecule has 7 heteroatoms. The van der Waals surface area contributed by atoms with E-state index in [2.05, 4.69) is 4.98 Å². The normalized spacial score (nSPS) is 11.5. The Balaban J connectivity index is 2.06. The molecule has 0 aliphatic heterocycles. The van der Waals surface area contributed by atoms with Gasteiger partial charge in [0.15, 0.2) is 10.8 Å². The Morgan fingerprint density at radius 1 is 1.36 bits per heavy atom. The van der Waals surface area contributed by atoms with Crippen molar-refractivity contribution in [1.29, 1.82) is 0 Å². The fourth-order valence-electron chi connectivity index (χ4n) is 2.25. The minimum absolute atomic E-state index is 0.0745. The molecule has 2 heterocycles. The molecule has 112 valence electrons. The van der Waals surface area contributed by atoms with E-state index in [0.29, 0.717) is 22.7 Å². The average molecular weight is 332 g/mol. The Kier molecular flexibility index (Phi) is 4.16. The lowest BCUT2D eigenvalue weighted by Crippen LogP contribution is -2.02. The highest BCUT2D eigenvalue weighted by atomic mass is 32.1. The number of Topliss-reactive ketones (excluding diaryl/α,β-unsaturated/α-hetero) is 1. The van der Waals surface area contributed by atoms with E-state index in [4.69, 9.17) is 0 Å². The fraction of sp³-hybridized carbons (Fsp3) is 0.133. The van der Waals surface area contributed by atoms with Crippen molar-refractivity contribution >= 4 is 42.8 Å². The van der Waals surface area contributed by atoms with Crippen LogP contribution in [0.1, 0.15) is 39.2 Å². The van der Waals surface area contributed by atoms with Gasteiger partial charge in [-0.2, -0.15) is 0 Å². The lowest BCUT2D eigenvalue weighted by molar-refractivity contribution is 0.0984.